The third-order valence-corrected chi connectivity index (χ3v) is 6.46. The van der Waals surface area contributed by atoms with Gasteiger partial charge in [-0.1, -0.05) is 12.1 Å². The quantitative estimate of drug-likeness (QED) is 0.190. The molecule has 0 radical (unpaired) electrons. The van der Waals surface area contributed by atoms with Gasteiger partial charge in [-0.25, -0.2) is 4.79 Å². The van der Waals surface area contributed by atoms with Crippen LogP contribution in [0.4, 0.5) is 5.69 Å². The first-order chi connectivity index (χ1) is 16.8. The lowest BCUT2D eigenvalue weighted by Gasteiger charge is -2.18. The summed E-state index contributed by atoms with van der Waals surface area (Å²) in [5.74, 6) is 0. The molecular formula is C26H34N6O3. The van der Waals surface area contributed by atoms with E-state index in [2.05, 4.69) is 17.3 Å². The van der Waals surface area contributed by atoms with Crippen LogP contribution in [0.5, 0.6) is 0 Å². The van der Waals surface area contributed by atoms with Gasteiger partial charge < -0.3 is 20.9 Å². The van der Waals surface area contributed by atoms with Crippen LogP contribution in [0, 0.1) is 0 Å². The molecule has 2 aromatic carbocycles. The lowest BCUT2D eigenvalue weighted by atomic mass is 10.0. The van der Waals surface area contributed by atoms with Crippen LogP contribution in [-0.4, -0.2) is 72.6 Å². The number of aromatic nitrogens is 2. The molecule has 9 nitrogen and oxygen atoms in total. The SMILES string of the molecule is CN(C)CCn1c(=O)c2ccc(NCCCN(C)CCCN)c3c(=O)c4ccccc4n(c1=O)c23. The Morgan fingerprint density at radius 1 is 0.914 bits per heavy atom. The molecule has 4 aromatic rings. The summed E-state index contributed by atoms with van der Waals surface area (Å²) in [6, 6.07) is 10.6. The predicted octanol–water partition coefficient (Wildman–Crippen LogP) is 1.21. The zero-order valence-corrected chi connectivity index (χ0v) is 20.7. The van der Waals surface area contributed by atoms with Gasteiger partial charge in [0.15, 0.2) is 5.43 Å². The van der Waals surface area contributed by atoms with Gasteiger partial charge in [0.1, 0.15) is 0 Å². The molecule has 0 spiro atoms. The van der Waals surface area contributed by atoms with Gasteiger partial charge in [0.2, 0.25) is 0 Å². The fraction of sp³-hybridized carbons (Fsp3) is 0.423. The Morgan fingerprint density at radius 3 is 2.40 bits per heavy atom. The Kier molecular flexibility index (Phi) is 7.49. The third kappa shape index (κ3) is 4.80. The number of nitrogens with zero attached hydrogens (tertiary/aromatic N) is 4. The summed E-state index contributed by atoms with van der Waals surface area (Å²) in [7, 11) is 5.86. The van der Waals surface area contributed by atoms with Crippen molar-refractivity contribution in [3.8, 4) is 0 Å². The maximum absolute atomic E-state index is 13.6. The van der Waals surface area contributed by atoms with E-state index >= 15 is 0 Å². The Balaban J connectivity index is 1.84. The first kappa shape index (κ1) is 24.8. The number of para-hydroxylation sites is 1. The summed E-state index contributed by atoms with van der Waals surface area (Å²) in [5.41, 5.74) is 6.14. The number of pyridine rings is 1. The van der Waals surface area contributed by atoms with Crippen molar-refractivity contribution < 1.29 is 0 Å². The number of hydrogen-bond acceptors (Lipinski definition) is 7. The molecule has 9 heteroatoms. The molecule has 0 aliphatic carbocycles. The van der Waals surface area contributed by atoms with Gasteiger partial charge in [0.25, 0.3) is 5.56 Å². The van der Waals surface area contributed by atoms with E-state index in [4.69, 9.17) is 5.73 Å². The fourth-order valence-electron chi connectivity index (χ4n) is 4.58. The second-order valence-electron chi connectivity index (χ2n) is 9.33. The predicted molar refractivity (Wildman–Crippen MR) is 143 cm³/mol. The van der Waals surface area contributed by atoms with Gasteiger partial charge in [0.05, 0.1) is 21.8 Å². The molecule has 0 bridgehead atoms. The van der Waals surface area contributed by atoms with Crippen LogP contribution in [0.15, 0.2) is 50.8 Å². The molecule has 2 aromatic heterocycles. The van der Waals surface area contributed by atoms with Crippen LogP contribution in [0.25, 0.3) is 27.2 Å². The van der Waals surface area contributed by atoms with E-state index in [0.717, 1.165) is 25.9 Å². The van der Waals surface area contributed by atoms with Crippen molar-refractivity contribution >= 4 is 32.9 Å². The average Bonchev–Trinajstić information content (AvgIpc) is 2.84. The van der Waals surface area contributed by atoms with Crippen molar-refractivity contribution in [1.82, 2.24) is 18.8 Å². The lowest BCUT2D eigenvalue weighted by molar-refractivity contribution is 0.330. The molecule has 2 heterocycles. The van der Waals surface area contributed by atoms with E-state index in [1.54, 1.807) is 36.4 Å². The van der Waals surface area contributed by atoms with Crippen molar-refractivity contribution in [2.75, 3.05) is 59.2 Å². The molecule has 3 N–H and O–H groups in total. The Morgan fingerprint density at radius 2 is 1.66 bits per heavy atom. The summed E-state index contributed by atoms with van der Waals surface area (Å²) < 4.78 is 2.80. The van der Waals surface area contributed by atoms with Crippen molar-refractivity contribution in [2.45, 2.75) is 19.4 Å². The standard InChI is InChI=1S/C26H34N6O3/c1-29(2)16-17-31-25(34)19-10-11-20(28-13-7-15-30(3)14-6-12-27)22-23(19)32(26(31)35)21-9-5-4-8-18(21)24(22)33/h4-5,8-11,28H,6-7,12-17,27H2,1-3H3. The van der Waals surface area contributed by atoms with Gasteiger partial charge in [-0.3, -0.25) is 18.6 Å². The van der Waals surface area contributed by atoms with Crippen LogP contribution < -0.4 is 27.7 Å². The molecule has 0 aliphatic heterocycles. The fourth-order valence-corrected chi connectivity index (χ4v) is 4.58. The lowest BCUT2D eigenvalue weighted by Crippen LogP contribution is -2.40. The summed E-state index contributed by atoms with van der Waals surface area (Å²) in [6.07, 6.45) is 1.83. The monoisotopic (exact) mass is 478 g/mol. The van der Waals surface area contributed by atoms with Crippen molar-refractivity contribution in [2.24, 2.45) is 5.73 Å². The summed E-state index contributed by atoms with van der Waals surface area (Å²) in [5, 5.41) is 4.59. The van der Waals surface area contributed by atoms with E-state index in [1.165, 1.54) is 8.97 Å². The van der Waals surface area contributed by atoms with Crippen LogP contribution >= 0.6 is 0 Å². The number of anilines is 1. The Bertz CT molecular complexity index is 1510. The topological polar surface area (TPSA) is 105 Å². The largest absolute Gasteiger partial charge is 0.384 e. The van der Waals surface area contributed by atoms with Crippen molar-refractivity contribution in [3.05, 3.63) is 67.5 Å². The van der Waals surface area contributed by atoms with Gasteiger partial charge in [-0.05, 0) is 77.9 Å². The minimum atomic E-state index is -0.427. The van der Waals surface area contributed by atoms with Crippen LogP contribution in [-0.2, 0) is 6.54 Å². The first-order valence-electron chi connectivity index (χ1n) is 12.1. The number of nitrogens with two attached hydrogens (primary N) is 1. The highest BCUT2D eigenvalue weighted by Gasteiger charge is 2.20. The summed E-state index contributed by atoms with van der Waals surface area (Å²) in [6.45, 7) is 3.99. The highest BCUT2D eigenvalue weighted by molar-refractivity contribution is 6.07. The Hall–Kier alpha value is -3.27. The maximum atomic E-state index is 13.6. The minimum absolute atomic E-state index is 0.182. The molecule has 0 aliphatic rings. The third-order valence-electron chi connectivity index (χ3n) is 6.46. The van der Waals surface area contributed by atoms with E-state index in [1.807, 2.05) is 19.0 Å². The maximum Gasteiger partial charge on any atom is 0.336 e. The molecule has 0 fully saturated rings. The molecule has 0 atom stereocenters. The van der Waals surface area contributed by atoms with Gasteiger partial charge >= 0.3 is 5.69 Å². The zero-order chi connectivity index (χ0) is 25.1. The van der Waals surface area contributed by atoms with Crippen LogP contribution in [0.2, 0.25) is 0 Å². The number of likely N-dealkylation sites (N-methyl/N-ethyl adjacent to an activating group) is 1. The normalized spacial score (nSPS) is 12.1. The highest BCUT2D eigenvalue weighted by atomic mass is 16.2. The number of hydrogen-bond donors (Lipinski definition) is 2. The highest BCUT2D eigenvalue weighted by Crippen LogP contribution is 2.26. The average molecular weight is 479 g/mol. The summed E-state index contributed by atoms with van der Waals surface area (Å²) in [4.78, 5) is 44.7. The molecule has 0 amide bonds. The second-order valence-corrected chi connectivity index (χ2v) is 9.33. The van der Waals surface area contributed by atoms with Crippen molar-refractivity contribution in [3.63, 3.8) is 0 Å². The summed E-state index contributed by atoms with van der Waals surface area (Å²) >= 11 is 0. The van der Waals surface area contributed by atoms with E-state index in [0.29, 0.717) is 52.5 Å². The van der Waals surface area contributed by atoms with Crippen molar-refractivity contribution in [1.29, 1.82) is 0 Å². The van der Waals surface area contributed by atoms with Crippen LogP contribution in [0.3, 0.4) is 0 Å². The molecular weight excluding hydrogens is 444 g/mol. The molecule has 0 saturated carbocycles. The van der Waals surface area contributed by atoms with E-state index in [9.17, 15) is 14.4 Å². The van der Waals surface area contributed by atoms with Gasteiger partial charge in [-0.2, -0.15) is 0 Å². The van der Waals surface area contributed by atoms with Crippen LogP contribution in [0.1, 0.15) is 12.8 Å². The van der Waals surface area contributed by atoms with Gasteiger partial charge in [0, 0.05) is 30.7 Å². The molecule has 35 heavy (non-hydrogen) atoms. The number of benzene rings is 2. The van der Waals surface area contributed by atoms with E-state index in [-0.39, 0.29) is 17.5 Å². The first-order valence-corrected chi connectivity index (χ1v) is 12.1. The zero-order valence-electron chi connectivity index (χ0n) is 20.7. The smallest absolute Gasteiger partial charge is 0.336 e. The van der Waals surface area contributed by atoms with E-state index < -0.39 is 5.69 Å². The molecule has 0 saturated heterocycles. The Labute approximate surface area is 203 Å². The molecule has 4 rings (SSSR count). The molecule has 0 unspecified atom stereocenters. The minimum Gasteiger partial charge on any atom is -0.384 e. The van der Waals surface area contributed by atoms with Gasteiger partial charge in [-0.15, -0.1) is 0 Å². The number of rotatable bonds is 11. The second kappa shape index (κ2) is 10.6. The molecule has 186 valence electrons. The number of fused-ring (bicyclic) bond motifs is 2. The number of nitrogens with one attached hydrogen (secondary N) is 1.